The molecule has 0 saturated carbocycles. The van der Waals surface area contributed by atoms with E-state index in [-0.39, 0.29) is 24.3 Å². The number of nitrogens with one attached hydrogen (secondary N) is 2. The molecular formula is C29H34ClN3O5. The molecule has 3 heterocycles. The zero-order valence-electron chi connectivity index (χ0n) is 21.3. The van der Waals surface area contributed by atoms with Crippen LogP contribution in [0.3, 0.4) is 0 Å². The molecule has 2 bridgehead atoms. The first kappa shape index (κ1) is 26.7. The zero-order valence-corrected chi connectivity index (χ0v) is 22.0. The van der Waals surface area contributed by atoms with Crippen LogP contribution in [0.1, 0.15) is 44.1 Å². The summed E-state index contributed by atoms with van der Waals surface area (Å²) < 4.78 is 6.47. The minimum absolute atomic E-state index is 0.131. The van der Waals surface area contributed by atoms with Crippen molar-refractivity contribution in [1.82, 2.24) is 10.2 Å². The van der Waals surface area contributed by atoms with E-state index in [1.165, 1.54) is 0 Å². The number of carbonyl (C=O) groups excluding carboxylic acids is 3. The predicted molar refractivity (Wildman–Crippen MR) is 143 cm³/mol. The van der Waals surface area contributed by atoms with Crippen LogP contribution in [0, 0.1) is 11.8 Å². The van der Waals surface area contributed by atoms with E-state index >= 15 is 0 Å². The van der Waals surface area contributed by atoms with Crippen molar-refractivity contribution in [3.05, 3.63) is 65.2 Å². The second-order valence-electron chi connectivity index (χ2n) is 10.4. The van der Waals surface area contributed by atoms with Crippen molar-refractivity contribution in [3.8, 4) is 0 Å². The summed E-state index contributed by atoms with van der Waals surface area (Å²) in [7, 11) is 0. The summed E-state index contributed by atoms with van der Waals surface area (Å²) in [6, 6.07) is 15.8. The van der Waals surface area contributed by atoms with E-state index in [1.54, 1.807) is 29.2 Å². The van der Waals surface area contributed by atoms with Crippen LogP contribution in [0.2, 0.25) is 5.02 Å². The largest absolute Gasteiger partial charge is 0.396 e. The van der Waals surface area contributed by atoms with Crippen LogP contribution < -0.4 is 10.6 Å². The molecule has 5 rings (SSSR count). The minimum Gasteiger partial charge on any atom is -0.396 e. The summed E-state index contributed by atoms with van der Waals surface area (Å²) in [6.07, 6.45) is 3.82. The summed E-state index contributed by atoms with van der Waals surface area (Å²) in [5.41, 5.74) is 0.394. The first-order chi connectivity index (χ1) is 18.5. The van der Waals surface area contributed by atoms with Crippen LogP contribution in [0.4, 0.5) is 5.69 Å². The highest BCUT2D eigenvalue weighted by Crippen LogP contribution is 2.58. The van der Waals surface area contributed by atoms with Crippen LogP contribution in [0.25, 0.3) is 0 Å². The Morgan fingerprint density at radius 1 is 1.03 bits per heavy atom. The SMILES string of the molecule is O=C(Nc1ccccc1Cl)C1N(CCCCCCO)C(=O)[C@@H]2[C@@H](C(=O)NCc3ccccc3)[C@H]3CCC12O3. The Kier molecular flexibility index (Phi) is 8.02. The third kappa shape index (κ3) is 4.93. The smallest absolute Gasteiger partial charge is 0.250 e. The predicted octanol–water partition coefficient (Wildman–Crippen LogP) is 3.52. The Morgan fingerprint density at radius 2 is 1.76 bits per heavy atom. The second-order valence-corrected chi connectivity index (χ2v) is 10.8. The topological polar surface area (TPSA) is 108 Å². The number of amides is 3. The summed E-state index contributed by atoms with van der Waals surface area (Å²) in [5, 5.41) is 15.4. The second kappa shape index (κ2) is 11.4. The quantitative estimate of drug-likeness (QED) is 0.379. The summed E-state index contributed by atoms with van der Waals surface area (Å²) >= 11 is 6.31. The first-order valence-electron chi connectivity index (χ1n) is 13.4. The average Bonchev–Trinajstić information content (AvgIpc) is 3.56. The number of hydrogen-bond acceptors (Lipinski definition) is 5. The van der Waals surface area contributed by atoms with Gasteiger partial charge >= 0.3 is 0 Å². The molecule has 9 heteroatoms. The maximum absolute atomic E-state index is 13.9. The number of halogens is 1. The van der Waals surface area contributed by atoms with E-state index in [1.807, 2.05) is 30.3 Å². The lowest BCUT2D eigenvalue weighted by atomic mass is 9.70. The zero-order chi connectivity index (χ0) is 26.7. The highest BCUT2D eigenvalue weighted by Gasteiger charge is 2.74. The molecule has 0 aromatic heterocycles. The van der Waals surface area contributed by atoms with Gasteiger partial charge in [-0.25, -0.2) is 0 Å². The monoisotopic (exact) mass is 539 g/mol. The molecule has 3 saturated heterocycles. The molecule has 2 aromatic carbocycles. The van der Waals surface area contributed by atoms with Gasteiger partial charge in [0.15, 0.2) is 0 Å². The molecule has 202 valence electrons. The maximum atomic E-state index is 13.9. The van der Waals surface area contributed by atoms with Gasteiger partial charge in [-0.1, -0.05) is 66.9 Å². The Labute approximate surface area is 227 Å². The van der Waals surface area contributed by atoms with E-state index in [0.717, 1.165) is 18.4 Å². The highest BCUT2D eigenvalue weighted by atomic mass is 35.5. The molecule has 3 aliphatic heterocycles. The number of nitrogens with zero attached hydrogens (tertiary/aromatic N) is 1. The van der Waals surface area contributed by atoms with Crippen molar-refractivity contribution in [2.45, 2.75) is 62.8 Å². The molecular weight excluding hydrogens is 506 g/mol. The maximum Gasteiger partial charge on any atom is 0.250 e. The number of aliphatic hydroxyl groups excluding tert-OH is 1. The van der Waals surface area contributed by atoms with Crippen LogP contribution in [-0.4, -0.2) is 58.6 Å². The molecule has 5 atom stereocenters. The fraction of sp³-hybridized carbons (Fsp3) is 0.483. The number of unbranched alkanes of at least 4 members (excludes halogenated alkanes) is 3. The lowest BCUT2D eigenvalue weighted by Gasteiger charge is -2.33. The Hall–Kier alpha value is -2.94. The van der Waals surface area contributed by atoms with Crippen molar-refractivity contribution >= 4 is 35.0 Å². The Balaban J connectivity index is 1.39. The van der Waals surface area contributed by atoms with Gasteiger partial charge < -0.3 is 25.4 Å². The average molecular weight is 540 g/mol. The minimum atomic E-state index is -1.05. The van der Waals surface area contributed by atoms with Gasteiger partial charge in [-0.15, -0.1) is 0 Å². The third-order valence-corrected chi connectivity index (χ3v) is 8.43. The Bertz CT molecular complexity index is 1180. The van der Waals surface area contributed by atoms with E-state index in [4.69, 9.17) is 21.4 Å². The molecule has 3 fully saturated rings. The van der Waals surface area contributed by atoms with Crippen molar-refractivity contribution in [2.24, 2.45) is 11.8 Å². The lowest BCUT2D eigenvalue weighted by molar-refractivity contribution is -0.141. The molecule has 3 amide bonds. The van der Waals surface area contributed by atoms with E-state index in [9.17, 15) is 14.4 Å². The number of hydrogen-bond donors (Lipinski definition) is 3. The van der Waals surface area contributed by atoms with E-state index < -0.39 is 29.6 Å². The first-order valence-corrected chi connectivity index (χ1v) is 13.8. The van der Waals surface area contributed by atoms with Gasteiger partial charge in [0.25, 0.3) is 0 Å². The van der Waals surface area contributed by atoms with Gasteiger partial charge in [0.2, 0.25) is 17.7 Å². The fourth-order valence-corrected chi connectivity index (χ4v) is 6.59. The number of anilines is 1. The number of fused-ring (bicyclic) bond motifs is 1. The van der Waals surface area contributed by atoms with Crippen LogP contribution in [-0.2, 0) is 25.7 Å². The standard InChI is InChI=1S/C29H34ClN3O5/c30-20-12-6-7-13-21(20)32-27(36)25-29-15-14-22(38-29)23(26(35)31-18-19-10-4-3-5-11-19)24(29)28(37)33(25)16-8-1-2-9-17-34/h3-7,10-13,22-25,34H,1-2,8-9,14-18H2,(H,31,35)(H,32,36)/t22-,23+,24+,25?,29?/m1/s1. The number of ether oxygens (including phenoxy) is 1. The van der Waals surface area contributed by atoms with Crippen LogP contribution in [0.15, 0.2) is 54.6 Å². The summed E-state index contributed by atoms with van der Waals surface area (Å²) in [6.45, 7) is 0.878. The molecule has 2 unspecified atom stereocenters. The molecule has 3 N–H and O–H groups in total. The van der Waals surface area contributed by atoms with Crippen molar-refractivity contribution in [3.63, 3.8) is 0 Å². The number of para-hydroxylation sites is 1. The number of rotatable bonds is 11. The summed E-state index contributed by atoms with van der Waals surface area (Å²) in [5.74, 6) is -2.12. The van der Waals surface area contributed by atoms with Gasteiger partial charge in [0, 0.05) is 19.7 Å². The number of benzene rings is 2. The van der Waals surface area contributed by atoms with Gasteiger partial charge in [0.05, 0.1) is 28.6 Å². The van der Waals surface area contributed by atoms with E-state index in [2.05, 4.69) is 10.6 Å². The normalized spacial score (nSPS) is 27.4. The summed E-state index contributed by atoms with van der Waals surface area (Å²) in [4.78, 5) is 42.8. The number of aliphatic hydroxyl groups is 1. The van der Waals surface area contributed by atoms with Gasteiger partial charge in [-0.2, -0.15) is 0 Å². The molecule has 0 aliphatic carbocycles. The van der Waals surface area contributed by atoms with Gasteiger partial charge in [-0.3, -0.25) is 14.4 Å². The molecule has 38 heavy (non-hydrogen) atoms. The van der Waals surface area contributed by atoms with Gasteiger partial charge in [-0.05, 0) is 43.4 Å². The molecule has 8 nitrogen and oxygen atoms in total. The molecule has 3 aliphatic rings. The third-order valence-electron chi connectivity index (χ3n) is 8.10. The lowest BCUT2D eigenvalue weighted by Crippen LogP contribution is -2.53. The van der Waals surface area contributed by atoms with E-state index in [0.29, 0.717) is 49.5 Å². The molecule has 1 spiro atoms. The van der Waals surface area contributed by atoms with Crippen LogP contribution >= 0.6 is 11.6 Å². The van der Waals surface area contributed by atoms with Crippen molar-refractivity contribution < 1.29 is 24.2 Å². The molecule has 0 radical (unpaired) electrons. The number of carbonyl (C=O) groups is 3. The van der Waals surface area contributed by atoms with Gasteiger partial charge in [0.1, 0.15) is 11.6 Å². The van der Waals surface area contributed by atoms with Crippen LogP contribution in [0.5, 0.6) is 0 Å². The van der Waals surface area contributed by atoms with Crippen molar-refractivity contribution in [2.75, 3.05) is 18.5 Å². The highest BCUT2D eigenvalue weighted by molar-refractivity contribution is 6.33. The molecule has 2 aromatic rings. The Morgan fingerprint density at radius 3 is 2.53 bits per heavy atom. The fourth-order valence-electron chi connectivity index (χ4n) is 6.41. The number of likely N-dealkylation sites (tertiary alicyclic amines) is 1. The van der Waals surface area contributed by atoms with Crippen molar-refractivity contribution in [1.29, 1.82) is 0 Å².